The van der Waals surface area contributed by atoms with Gasteiger partial charge in [0.2, 0.25) is 0 Å². The summed E-state index contributed by atoms with van der Waals surface area (Å²) in [7, 11) is 0. The Kier molecular flexibility index (Phi) is 3.04. The number of aromatic nitrogens is 3. The van der Waals surface area contributed by atoms with Crippen LogP contribution in [0, 0.1) is 6.92 Å². The maximum Gasteiger partial charge on any atom is 0.181 e. The van der Waals surface area contributed by atoms with Crippen LogP contribution in [0.25, 0.3) is 5.69 Å². The molecule has 0 amide bonds. The van der Waals surface area contributed by atoms with E-state index in [0.29, 0.717) is 5.69 Å². The molecule has 0 unspecified atom stereocenters. The second kappa shape index (κ2) is 4.49. The summed E-state index contributed by atoms with van der Waals surface area (Å²) in [5, 5.41) is 7.99. The van der Waals surface area contributed by atoms with Crippen LogP contribution in [0.1, 0.15) is 35.6 Å². The fourth-order valence-electron chi connectivity index (χ4n) is 1.90. The van der Waals surface area contributed by atoms with E-state index < -0.39 is 0 Å². The van der Waals surface area contributed by atoms with Crippen LogP contribution in [0.2, 0.25) is 0 Å². The molecule has 0 atom stereocenters. The Bertz CT molecular complexity index is 558. The van der Waals surface area contributed by atoms with Crippen molar-refractivity contribution in [1.29, 1.82) is 0 Å². The molecule has 0 spiro atoms. The minimum absolute atomic E-state index is 0.0530. The van der Waals surface area contributed by atoms with Crippen molar-refractivity contribution in [2.45, 2.75) is 27.2 Å². The van der Waals surface area contributed by atoms with Crippen molar-refractivity contribution in [3.8, 4) is 5.69 Å². The number of rotatable bonds is 3. The lowest BCUT2D eigenvalue weighted by Crippen LogP contribution is -2.04. The highest BCUT2D eigenvalue weighted by molar-refractivity contribution is 5.93. The monoisotopic (exact) mass is 229 g/mol. The van der Waals surface area contributed by atoms with Crippen molar-refractivity contribution in [2.75, 3.05) is 0 Å². The highest BCUT2D eigenvalue weighted by Gasteiger charge is 2.14. The summed E-state index contributed by atoms with van der Waals surface area (Å²) >= 11 is 0. The molecule has 0 radical (unpaired) electrons. The number of carbonyl (C=O) groups is 1. The summed E-state index contributed by atoms with van der Waals surface area (Å²) in [6.07, 6.45) is 0.922. The van der Waals surface area contributed by atoms with Crippen LogP contribution in [0.4, 0.5) is 0 Å². The average molecular weight is 229 g/mol. The van der Waals surface area contributed by atoms with Crippen molar-refractivity contribution in [1.82, 2.24) is 15.0 Å². The van der Waals surface area contributed by atoms with Gasteiger partial charge in [0.15, 0.2) is 11.5 Å². The zero-order valence-electron chi connectivity index (χ0n) is 10.3. The lowest BCUT2D eigenvalue weighted by atomic mass is 10.1. The molecule has 1 heterocycles. The molecule has 0 N–H and O–H groups in total. The second-order valence-corrected chi connectivity index (χ2v) is 3.97. The molecule has 1 aromatic carbocycles. The minimum atomic E-state index is -0.0530. The highest BCUT2D eigenvalue weighted by Crippen LogP contribution is 2.17. The Morgan fingerprint density at radius 2 is 2.06 bits per heavy atom. The van der Waals surface area contributed by atoms with Crippen LogP contribution >= 0.6 is 0 Å². The minimum Gasteiger partial charge on any atom is -0.293 e. The molecular formula is C13H15N3O. The molecule has 0 bridgehead atoms. The molecule has 88 valence electrons. The van der Waals surface area contributed by atoms with Crippen LogP contribution < -0.4 is 0 Å². The van der Waals surface area contributed by atoms with Gasteiger partial charge in [-0.15, -0.1) is 5.10 Å². The number of hydrogen-bond acceptors (Lipinski definition) is 3. The number of aryl methyl sites for hydroxylation is 1. The van der Waals surface area contributed by atoms with E-state index >= 15 is 0 Å². The van der Waals surface area contributed by atoms with E-state index in [4.69, 9.17) is 0 Å². The van der Waals surface area contributed by atoms with Gasteiger partial charge in [0.1, 0.15) is 0 Å². The van der Waals surface area contributed by atoms with Gasteiger partial charge in [-0.2, -0.15) is 0 Å². The van der Waals surface area contributed by atoms with E-state index in [2.05, 4.69) is 23.3 Å². The Morgan fingerprint density at radius 3 is 2.65 bits per heavy atom. The average Bonchev–Trinajstić information content (AvgIpc) is 2.71. The van der Waals surface area contributed by atoms with Crippen LogP contribution in [0.5, 0.6) is 0 Å². The van der Waals surface area contributed by atoms with E-state index in [9.17, 15) is 4.79 Å². The zero-order chi connectivity index (χ0) is 12.4. The topological polar surface area (TPSA) is 47.8 Å². The molecule has 2 aromatic rings. The van der Waals surface area contributed by atoms with Crippen molar-refractivity contribution in [3.63, 3.8) is 0 Å². The van der Waals surface area contributed by atoms with Gasteiger partial charge >= 0.3 is 0 Å². The summed E-state index contributed by atoms with van der Waals surface area (Å²) < 4.78 is 1.73. The van der Waals surface area contributed by atoms with Gasteiger partial charge in [0, 0.05) is 6.92 Å². The van der Waals surface area contributed by atoms with E-state index in [1.807, 2.05) is 25.1 Å². The quantitative estimate of drug-likeness (QED) is 0.759. The molecule has 17 heavy (non-hydrogen) atoms. The first kappa shape index (κ1) is 11.5. The smallest absolute Gasteiger partial charge is 0.181 e. The number of para-hydroxylation sites is 1. The third kappa shape index (κ3) is 1.98. The van der Waals surface area contributed by atoms with Gasteiger partial charge in [0.05, 0.1) is 11.4 Å². The molecule has 2 rings (SSSR count). The van der Waals surface area contributed by atoms with Gasteiger partial charge < -0.3 is 0 Å². The number of Topliss-reactive ketones (excluding diaryl/α,β-unsaturated/α-hetero) is 1. The van der Waals surface area contributed by atoms with Gasteiger partial charge in [0.25, 0.3) is 0 Å². The lowest BCUT2D eigenvalue weighted by molar-refractivity contribution is 0.101. The number of benzene rings is 1. The molecule has 0 saturated carbocycles. The standard InChI is InChI=1S/C13H15N3O/c1-4-11-7-5-6-8-12(11)16-9(2)13(10(3)17)14-15-16/h5-8H,4H2,1-3H3. The molecule has 0 aliphatic heterocycles. The van der Waals surface area contributed by atoms with E-state index in [1.54, 1.807) is 4.68 Å². The summed E-state index contributed by atoms with van der Waals surface area (Å²) in [5.41, 5.74) is 3.41. The number of nitrogens with zero attached hydrogens (tertiary/aromatic N) is 3. The number of carbonyl (C=O) groups excluding carboxylic acids is 1. The molecule has 4 nitrogen and oxygen atoms in total. The third-order valence-corrected chi connectivity index (χ3v) is 2.83. The van der Waals surface area contributed by atoms with Gasteiger partial charge in [-0.05, 0) is 25.0 Å². The first-order valence-electron chi connectivity index (χ1n) is 5.66. The molecule has 0 fully saturated rings. The van der Waals surface area contributed by atoms with Crippen molar-refractivity contribution in [3.05, 3.63) is 41.2 Å². The fourth-order valence-corrected chi connectivity index (χ4v) is 1.90. The van der Waals surface area contributed by atoms with Crippen molar-refractivity contribution >= 4 is 5.78 Å². The van der Waals surface area contributed by atoms with E-state index in [0.717, 1.165) is 17.8 Å². The van der Waals surface area contributed by atoms with Crippen molar-refractivity contribution in [2.24, 2.45) is 0 Å². The largest absolute Gasteiger partial charge is 0.293 e. The molecule has 4 heteroatoms. The Balaban J connectivity index is 2.57. The maximum atomic E-state index is 11.3. The molecule has 0 aliphatic carbocycles. The van der Waals surface area contributed by atoms with Crippen molar-refractivity contribution < 1.29 is 4.79 Å². The van der Waals surface area contributed by atoms with Crippen LogP contribution in [0.3, 0.4) is 0 Å². The Hall–Kier alpha value is -1.97. The maximum absolute atomic E-state index is 11.3. The summed E-state index contributed by atoms with van der Waals surface area (Å²) in [6.45, 7) is 5.47. The van der Waals surface area contributed by atoms with Crippen LogP contribution in [-0.2, 0) is 6.42 Å². The molecule has 0 aliphatic rings. The molecule has 1 aromatic heterocycles. The van der Waals surface area contributed by atoms with E-state index in [-0.39, 0.29) is 5.78 Å². The SMILES string of the molecule is CCc1ccccc1-n1nnc(C(C)=O)c1C. The molecular weight excluding hydrogens is 214 g/mol. The summed E-state index contributed by atoms with van der Waals surface area (Å²) in [6, 6.07) is 8.01. The second-order valence-electron chi connectivity index (χ2n) is 3.97. The van der Waals surface area contributed by atoms with E-state index in [1.165, 1.54) is 12.5 Å². The first-order chi connectivity index (χ1) is 8.15. The summed E-state index contributed by atoms with van der Waals surface area (Å²) in [5.74, 6) is -0.0530. The fraction of sp³-hybridized carbons (Fsp3) is 0.308. The Labute approximate surface area is 100 Å². The predicted octanol–water partition coefficient (Wildman–Crippen LogP) is 2.34. The number of hydrogen-bond donors (Lipinski definition) is 0. The van der Waals surface area contributed by atoms with Gasteiger partial charge in [-0.25, -0.2) is 4.68 Å². The van der Waals surface area contributed by atoms with Crippen LogP contribution in [-0.4, -0.2) is 20.8 Å². The van der Waals surface area contributed by atoms with Crippen LogP contribution in [0.15, 0.2) is 24.3 Å². The Morgan fingerprint density at radius 1 is 1.35 bits per heavy atom. The third-order valence-electron chi connectivity index (χ3n) is 2.83. The lowest BCUT2D eigenvalue weighted by Gasteiger charge is -2.08. The zero-order valence-corrected chi connectivity index (χ0v) is 10.3. The molecule has 0 saturated heterocycles. The first-order valence-corrected chi connectivity index (χ1v) is 5.66. The predicted molar refractivity (Wildman–Crippen MR) is 65.5 cm³/mol. The van der Waals surface area contributed by atoms with Gasteiger partial charge in [-0.1, -0.05) is 30.3 Å². The normalized spacial score (nSPS) is 10.5. The highest BCUT2D eigenvalue weighted by atomic mass is 16.1. The van der Waals surface area contributed by atoms with Gasteiger partial charge in [-0.3, -0.25) is 4.79 Å². The summed E-state index contributed by atoms with van der Waals surface area (Å²) in [4.78, 5) is 11.3. The number of ketones is 1.